The molecule has 1 N–H and O–H groups in total. The summed E-state index contributed by atoms with van der Waals surface area (Å²) in [5, 5.41) is 3.79. The Bertz CT molecular complexity index is 196. The Morgan fingerprint density at radius 3 is 1.92 bits per heavy atom. The molecular formula is C11H22N2. The van der Waals surface area contributed by atoms with E-state index in [1.807, 2.05) is 0 Å². The lowest BCUT2D eigenvalue weighted by Crippen LogP contribution is -2.64. The SMILES string of the molecule is CC(C)N1CC2(C)CCC(C)(C1)N2. The second-order valence-electron chi connectivity index (χ2n) is 5.75. The lowest BCUT2D eigenvalue weighted by atomic mass is 9.98. The average molecular weight is 182 g/mol. The second-order valence-corrected chi connectivity index (χ2v) is 5.75. The van der Waals surface area contributed by atoms with E-state index < -0.39 is 0 Å². The number of piperazine rings is 1. The highest BCUT2D eigenvalue weighted by Crippen LogP contribution is 2.36. The highest BCUT2D eigenvalue weighted by atomic mass is 15.3. The molecule has 2 aliphatic heterocycles. The molecule has 0 aromatic rings. The topological polar surface area (TPSA) is 15.3 Å². The summed E-state index contributed by atoms with van der Waals surface area (Å²) in [6.07, 6.45) is 2.68. The fourth-order valence-corrected chi connectivity index (χ4v) is 2.96. The molecule has 2 rings (SSSR count). The van der Waals surface area contributed by atoms with E-state index in [0.717, 1.165) is 0 Å². The molecule has 0 aromatic carbocycles. The number of nitrogens with zero attached hydrogens (tertiary/aromatic N) is 1. The van der Waals surface area contributed by atoms with Gasteiger partial charge in [-0.25, -0.2) is 0 Å². The molecule has 2 heteroatoms. The van der Waals surface area contributed by atoms with E-state index in [9.17, 15) is 0 Å². The zero-order valence-electron chi connectivity index (χ0n) is 9.35. The Hall–Kier alpha value is -0.0800. The van der Waals surface area contributed by atoms with Gasteiger partial charge in [0.15, 0.2) is 0 Å². The third kappa shape index (κ3) is 1.62. The number of likely N-dealkylation sites (tertiary alicyclic amines) is 1. The Morgan fingerprint density at radius 2 is 1.54 bits per heavy atom. The van der Waals surface area contributed by atoms with Crippen LogP contribution in [0, 0.1) is 0 Å². The first kappa shape index (κ1) is 9.47. The first-order valence-electron chi connectivity index (χ1n) is 5.46. The Kier molecular flexibility index (Phi) is 1.97. The van der Waals surface area contributed by atoms with Crippen molar-refractivity contribution in [1.29, 1.82) is 0 Å². The summed E-state index contributed by atoms with van der Waals surface area (Å²) >= 11 is 0. The molecule has 0 spiro atoms. The number of hydrogen-bond donors (Lipinski definition) is 1. The first-order valence-corrected chi connectivity index (χ1v) is 5.46. The van der Waals surface area contributed by atoms with Crippen LogP contribution in [-0.4, -0.2) is 35.1 Å². The molecule has 0 aromatic heterocycles. The Balaban J connectivity index is 2.16. The highest BCUT2D eigenvalue weighted by molar-refractivity contribution is 5.09. The van der Waals surface area contributed by atoms with Crippen LogP contribution in [-0.2, 0) is 0 Å². The van der Waals surface area contributed by atoms with Gasteiger partial charge in [0.1, 0.15) is 0 Å². The van der Waals surface area contributed by atoms with Crippen molar-refractivity contribution < 1.29 is 0 Å². The first-order chi connectivity index (χ1) is 5.93. The van der Waals surface area contributed by atoms with E-state index in [0.29, 0.717) is 17.1 Å². The number of hydrogen-bond acceptors (Lipinski definition) is 2. The molecule has 2 unspecified atom stereocenters. The fraction of sp³-hybridized carbons (Fsp3) is 1.00. The molecule has 2 aliphatic rings. The highest BCUT2D eigenvalue weighted by Gasteiger charge is 2.48. The minimum Gasteiger partial charge on any atom is -0.304 e. The quantitative estimate of drug-likeness (QED) is 0.663. The van der Waals surface area contributed by atoms with Crippen LogP contribution in [0.1, 0.15) is 40.5 Å². The maximum absolute atomic E-state index is 3.79. The van der Waals surface area contributed by atoms with Crippen LogP contribution in [0.25, 0.3) is 0 Å². The smallest absolute Gasteiger partial charge is 0.0286 e. The van der Waals surface area contributed by atoms with Gasteiger partial charge >= 0.3 is 0 Å². The second kappa shape index (κ2) is 2.71. The Morgan fingerprint density at radius 1 is 1.08 bits per heavy atom. The van der Waals surface area contributed by atoms with E-state index >= 15 is 0 Å². The number of nitrogens with one attached hydrogen (secondary N) is 1. The lowest BCUT2D eigenvalue weighted by Gasteiger charge is -2.45. The molecule has 2 saturated heterocycles. The zero-order valence-corrected chi connectivity index (χ0v) is 9.35. The monoisotopic (exact) mass is 182 g/mol. The number of fused-ring (bicyclic) bond motifs is 2. The van der Waals surface area contributed by atoms with Gasteiger partial charge in [-0.05, 0) is 40.5 Å². The third-order valence-corrected chi connectivity index (χ3v) is 3.67. The summed E-state index contributed by atoms with van der Waals surface area (Å²) in [6.45, 7) is 11.8. The fourth-order valence-electron chi connectivity index (χ4n) is 2.96. The lowest BCUT2D eigenvalue weighted by molar-refractivity contribution is 0.0840. The molecule has 0 saturated carbocycles. The van der Waals surface area contributed by atoms with E-state index in [1.165, 1.54) is 25.9 Å². The van der Waals surface area contributed by atoms with E-state index in [1.54, 1.807) is 0 Å². The molecule has 2 atom stereocenters. The van der Waals surface area contributed by atoms with E-state index in [2.05, 4.69) is 37.9 Å². The van der Waals surface area contributed by atoms with Gasteiger partial charge in [0.05, 0.1) is 0 Å². The summed E-state index contributed by atoms with van der Waals surface area (Å²) in [5.74, 6) is 0. The molecule has 2 bridgehead atoms. The van der Waals surface area contributed by atoms with Gasteiger partial charge in [-0.3, -0.25) is 4.90 Å². The third-order valence-electron chi connectivity index (χ3n) is 3.67. The predicted octanol–water partition coefficient (Wildman–Crippen LogP) is 1.61. The van der Waals surface area contributed by atoms with Crippen molar-refractivity contribution in [3.8, 4) is 0 Å². The van der Waals surface area contributed by atoms with Crippen LogP contribution in [0.15, 0.2) is 0 Å². The molecule has 0 radical (unpaired) electrons. The standard InChI is InChI=1S/C11H22N2/c1-9(2)13-7-10(3)5-6-11(4,8-13)12-10/h9,12H,5-8H2,1-4H3. The molecule has 0 amide bonds. The van der Waals surface area contributed by atoms with Crippen molar-refractivity contribution in [3.63, 3.8) is 0 Å². The van der Waals surface area contributed by atoms with Gasteiger partial charge in [-0.15, -0.1) is 0 Å². The normalized spacial score (nSPS) is 45.9. The van der Waals surface area contributed by atoms with Crippen LogP contribution in [0.4, 0.5) is 0 Å². The average Bonchev–Trinajstić information content (AvgIpc) is 2.20. The maximum atomic E-state index is 3.79. The molecule has 0 aliphatic carbocycles. The molecule has 13 heavy (non-hydrogen) atoms. The Labute approximate surface area is 81.7 Å². The van der Waals surface area contributed by atoms with Gasteiger partial charge in [0.25, 0.3) is 0 Å². The molecular weight excluding hydrogens is 160 g/mol. The van der Waals surface area contributed by atoms with Crippen LogP contribution in [0.2, 0.25) is 0 Å². The van der Waals surface area contributed by atoms with Crippen molar-refractivity contribution in [1.82, 2.24) is 10.2 Å². The zero-order chi connectivity index (χ0) is 9.69. The van der Waals surface area contributed by atoms with Crippen LogP contribution >= 0.6 is 0 Å². The molecule has 2 fully saturated rings. The number of rotatable bonds is 1. The van der Waals surface area contributed by atoms with Crippen molar-refractivity contribution >= 4 is 0 Å². The van der Waals surface area contributed by atoms with Crippen molar-refractivity contribution in [2.75, 3.05) is 13.1 Å². The van der Waals surface area contributed by atoms with Crippen molar-refractivity contribution in [2.24, 2.45) is 0 Å². The van der Waals surface area contributed by atoms with Crippen LogP contribution < -0.4 is 5.32 Å². The van der Waals surface area contributed by atoms with Crippen molar-refractivity contribution in [2.45, 2.75) is 57.7 Å². The molecule has 76 valence electrons. The van der Waals surface area contributed by atoms with Gasteiger partial charge < -0.3 is 5.32 Å². The summed E-state index contributed by atoms with van der Waals surface area (Å²) < 4.78 is 0. The minimum atomic E-state index is 0.386. The predicted molar refractivity (Wildman–Crippen MR) is 55.9 cm³/mol. The summed E-state index contributed by atoms with van der Waals surface area (Å²) in [4.78, 5) is 2.61. The largest absolute Gasteiger partial charge is 0.304 e. The van der Waals surface area contributed by atoms with Crippen LogP contribution in [0.5, 0.6) is 0 Å². The minimum absolute atomic E-state index is 0.386. The van der Waals surface area contributed by atoms with Gasteiger partial charge in [0, 0.05) is 30.2 Å². The molecule has 2 nitrogen and oxygen atoms in total. The maximum Gasteiger partial charge on any atom is 0.0286 e. The summed E-state index contributed by atoms with van der Waals surface area (Å²) in [5.41, 5.74) is 0.772. The van der Waals surface area contributed by atoms with Crippen LogP contribution in [0.3, 0.4) is 0 Å². The summed E-state index contributed by atoms with van der Waals surface area (Å²) in [6, 6.07) is 0.693. The summed E-state index contributed by atoms with van der Waals surface area (Å²) in [7, 11) is 0. The van der Waals surface area contributed by atoms with Gasteiger partial charge in [-0.1, -0.05) is 0 Å². The van der Waals surface area contributed by atoms with E-state index in [-0.39, 0.29) is 0 Å². The molecule has 2 heterocycles. The van der Waals surface area contributed by atoms with Crippen molar-refractivity contribution in [3.05, 3.63) is 0 Å². The van der Waals surface area contributed by atoms with Gasteiger partial charge in [0.2, 0.25) is 0 Å². The van der Waals surface area contributed by atoms with E-state index in [4.69, 9.17) is 0 Å². The van der Waals surface area contributed by atoms with Gasteiger partial charge in [-0.2, -0.15) is 0 Å².